The lowest BCUT2D eigenvalue weighted by atomic mass is 9.99. The summed E-state index contributed by atoms with van der Waals surface area (Å²) in [6.07, 6.45) is 1.24. The van der Waals surface area contributed by atoms with Crippen LogP contribution in [0.15, 0.2) is 46.9 Å². The topological polar surface area (TPSA) is 26.0 Å². The summed E-state index contributed by atoms with van der Waals surface area (Å²) >= 11 is 9.06. The van der Waals surface area contributed by atoms with E-state index in [-0.39, 0.29) is 16.9 Å². The minimum Gasteiger partial charge on any atom is -0.324 e. The summed E-state index contributed by atoms with van der Waals surface area (Å²) in [7, 11) is 0. The van der Waals surface area contributed by atoms with Crippen LogP contribution in [0.3, 0.4) is 0 Å². The maximum absolute atomic E-state index is 13.9. The van der Waals surface area contributed by atoms with Crippen LogP contribution in [0.4, 0.5) is 4.39 Å². The third kappa shape index (κ3) is 3.56. The number of benzene rings is 2. The van der Waals surface area contributed by atoms with E-state index in [1.54, 1.807) is 12.1 Å². The number of aryl methyl sites for hydroxylation is 1. The van der Waals surface area contributed by atoms with Gasteiger partial charge in [0, 0.05) is 10.5 Å². The number of hydrogen-bond acceptors (Lipinski definition) is 1. The molecule has 1 nitrogen and oxygen atoms in total. The van der Waals surface area contributed by atoms with E-state index in [1.807, 2.05) is 30.3 Å². The zero-order valence-corrected chi connectivity index (χ0v) is 12.6. The third-order valence-electron chi connectivity index (χ3n) is 3.07. The normalized spacial score (nSPS) is 12.4. The summed E-state index contributed by atoms with van der Waals surface area (Å²) in [5.74, 6) is -0.365. The highest BCUT2D eigenvalue weighted by molar-refractivity contribution is 9.10. The lowest BCUT2D eigenvalue weighted by Gasteiger charge is -2.12. The van der Waals surface area contributed by atoms with Crippen molar-refractivity contribution in [3.63, 3.8) is 0 Å². The van der Waals surface area contributed by atoms with E-state index in [0.717, 1.165) is 5.56 Å². The van der Waals surface area contributed by atoms with Gasteiger partial charge in [0.15, 0.2) is 0 Å². The Balaban J connectivity index is 2.05. The molecule has 1 unspecified atom stereocenters. The van der Waals surface area contributed by atoms with E-state index >= 15 is 0 Å². The van der Waals surface area contributed by atoms with Crippen molar-refractivity contribution in [2.75, 3.05) is 0 Å². The zero-order valence-electron chi connectivity index (χ0n) is 10.2. The molecular weight excluding hydrogens is 329 g/mol. The first-order valence-electron chi connectivity index (χ1n) is 6.02. The Hall–Kier alpha value is -0.900. The molecule has 0 aliphatic rings. The lowest BCUT2D eigenvalue weighted by Crippen LogP contribution is -2.11. The van der Waals surface area contributed by atoms with Crippen LogP contribution in [0, 0.1) is 5.82 Å². The first-order chi connectivity index (χ1) is 9.09. The Labute approximate surface area is 125 Å². The fourth-order valence-electron chi connectivity index (χ4n) is 1.94. The molecule has 0 amide bonds. The van der Waals surface area contributed by atoms with Crippen molar-refractivity contribution < 1.29 is 4.39 Å². The van der Waals surface area contributed by atoms with E-state index in [9.17, 15) is 4.39 Å². The van der Waals surface area contributed by atoms with Crippen LogP contribution in [0.2, 0.25) is 5.02 Å². The van der Waals surface area contributed by atoms with Gasteiger partial charge in [-0.15, -0.1) is 0 Å². The van der Waals surface area contributed by atoms with Crippen LogP contribution in [-0.4, -0.2) is 0 Å². The number of nitrogens with two attached hydrogens (primary N) is 1. The molecule has 2 N–H and O–H groups in total. The van der Waals surface area contributed by atoms with Gasteiger partial charge in [-0.3, -0.25) is 0 Å². The predicted octanol–water partition coefficient (Wildman–Crippen LogP) is 4.87. The zero-order chi connectivity index (χ0) is 13.8. The van der Waals surface area contributed by atoms with Crippen LogP contribution < -0.4 is 5.73 Å². The molecule has 4 heteroatoms. The molecular formula is C15H14BrClFN. The van der Waals surface area contributed by atoms with E-state index in [4.69, 9.17) is 17.3 Å². The second-order valence-corrected chi connectivity index (χ2v) is 5.62. The van der Waals surface area contributed by atoms with Crippen LogP contribution in [0.5, 0.6) is 0 Å². The molecule has 2 rings (SSSR count). The minimum absolute atomic E-state index is 0.0944. The standard InChI is InChI=1S/C15H14BrClFN/c16-12-8-6-11(15(18)14(12)17)7-9-13(19)10-4-2-1-3-5-10/h1-6,8,13H,7,9,19H2. The highest BCUT2D eigenvalue weighted by Gasteiger charge is 2.12. The SMILES string of the molecule is NC(CCc1ccc(Br)c(Cl)c1F)c1ccccc1. The molecule has 19 heavy (non-hydrogen) atoms. The van der Waals surface area contributed by atoms with Crippen molar-refractivity contribution >= 4 is 27.5 Å². The van der Waals surface area contributed by atoms with Gasteiger partial charge in [0.25, 0.3) is 0 Å². The van der Waals surface area contributed by atoms with E-state index in [0.29, 0.717) is 22.9 Å². The van der Waals surface area contributed by atoms with Gasteiger partial charge in [-0.25, -0.2) is 4.39 Å². The van der Waals surface area contributed by atoms with Crippen molar-refractivity contribution in [1.29, 1.82) is 0 Å². The second-order valence-electron chi connectivity index (χ2n) is 4.39. The van der Waals surface area contributed by atoms with Crippen LogP contribution in [-0.2, 0) is 6.42 Å². The van der Waals surface area contributed by atoms with E-state index in [2.05, 4.69) is 15.9 Å². The summed E-state index contributed by atoms with van der Waals surface area (Å²) in [6, 6.07) is 13.2. The lowest BCUT2D eigenvalue weighted by molar-refractivity contribution is 0.586. The monoisotopic (exact) mass is 341 g/mol. The molecule has 0 spiro atoms. The quantitative estimate of drug-likeness (QED) is 0.788. The number of rotatable bonds is 4. The average Bonchev–Trinajstić information content (AvgIpc) is 2.45. The Morgan fingerprint density at radius 2 is 1.84 bits per heavy atom. The first kappa shape index (κ1) is 14.5. The van der Waals surface area contributed by atoms with E-state index in [1.165, 1.54) is 0 Å². The number of hydrogen-bond donors (Lipinski definition) is 1. The van der Waals surface area contributed by atoms with Crippen LogP contribution in [0.25, 0.3) is 0 Å². The van der Waals surface area contributed by atoms with Gasteiger partial charge in [-0.2, -0.15) is 0 Å². The maximum Gasteiger partial charge on any atom is 0.146 e. The van der Waals surface area contributed by atoms with Gasteiger partial charge < -0.3 is 5.73 Å². The number of halogens is 3. The van der Waals surface area contributed by atoms with Crippen LogP contribution >= 0.6 is 27.5 Å². The summed E-state index contributed by atoms with van der Waals surface area (Å²) in [6.45, 7) is 0. The summed E-state index contributed by atoms with van der Waals surface area (Å²) in [5, 5.41) is 0.130. The molecule has 0 saturated carbocycles. The molecule has 1 atom stereocenters. The molecule has 2 aromatic rings. The van der Waals surface area contributed by atoms with Crippen molar-refractivity contribution in [2.24, 2.45) is 5.73 Å². The molecule has 0 aliphatic carbocycles. The largest absolute Gasteiger partial charge is 0.324 e. The molecule has 0 bridgehead atoms. The summed E-state index contributed by atoms with van der Waals surface area (Å²) in [5.41, 5.74) is 7.75. The van der Waals surface area contributed by atoms with Crippen LogP contribution in [0.1, 0.15) is 23.6 Å². The second kappa shape index (κ2) is 6.51. The molecule has 0 fully saturated rings. The molecule has 0 aliphatic heterocycles. The average molecular weight is 343 g/mol. The smallest absolute Gasteiger partial charge is 0.146 e. The van der Waals surface area contributed by atoms with E-state index < -0.39 is 0 Å². The van der Waals surface area contributed by atoms with Gasteiger partial charge in [0.05, 0.1) is 5.02 Å². The third-order valence-corrected chi connectivity index (χ3v) is 4.33. The predicted molar refractivity (Wildman–Crippen MR) is 80.8 cm³/mol. The van der Waals surface area contributed by atoms with Gasteiger partial charge >= 0.3 is 0 Å². The van der Waals surface area contributed by atoms with Gasteiger partial charge in [-0.1, -0.05) is 48.0 Å². The molecule has 100 valence electrons. The Bertz CT molecular complexity index is 560. The Kier molecular flexibility index (Phi) is 4.97. The minimum atomic E-state index is -0.365. The Morgan fingerprint density at radius 3 is 2.53 bits per heavy atom. The molecule has 2 aromatic carbocycles. The van der Waals surface area contributed by atoms with Gasteiger partial charge in [-0.05, 0) is 46.0 Å². The summed E-state index contributed by atoms with van der Waals surface area (Å²) in [4.78, 5) is 0. The molecule has 0 aromatic heterocycles. The molecule has 0 radical (unpaired) electrons. The molecule has 0 saturated heterocycles. The molecule has 0 heterocycles. The van der Waals surface area contributed by atoms with Crippen molar-refractivity contribution in [3.05, 3.63) is 68.9 Å². The Morgan fingerprint density at radius 1 is 1.16 bits per heavy atom. The van der Waals surface area contributed by atoms with Gasteiger partial charge in [0.2, 0.25) is 0 Å². The van der Waals surface area contributed by atoms with Crippen molar-refractivity contribution in [1.82, 2.24) is 0 Å². The van der Waals surface area contributed by atoms with Crippen molar-refractivity contribution in [2.45, 2.75) is 18.9 Å². The van der Waals surface area contributed by atoms with Crippen molar-refractivity contribution in [3.8, 4) is 0 Å². The maximum atomic E-state index is 13.9. The fraction of sp³-hybridized carbons (Fsp3) is 0.200. The highest BCUT2D eigenvalue weighted by atomic mass is 79.9. The van der Waals surface area contributed by atoms with Gasteiger partial charge in [0.1, 0.15) is 5.82 Å². The highest BCUT2D eigenvalue weighted by Crippen LogP contribution is 2.29. The fourth-order valence-corrected chi connectivity index (χ4v) is 2.43. The summed E-state index contributed by atoms with van der Waals surface area (Å²) < 4.78 is 14.5. The first-order valence-corrected chi connectivity index (χ1v) is 7.19.